The summed E-state index contributed by atoms with van der Waals surface area (Å²) in [5, 5.41) is 2.78. The van der Waals surface area contributed by atoms with E-state index in [0.29, 0.717) is 5.69 Å². The Bertz CT molecular complexity index is 720. The monoisotopic (exact) mass is 300 g/mol. The predicted octanol–water partition coefficient (Wildman–Crippen LogP) is 2.35. The van der Waals surface area contributed by atoms with Gasteiger partial charge in [0.2, 0.25) is 11.5 Å². The first kappa shape index (κ1) is 15.8. The number of anilines is 1. The maximum absolute atomic E-state index is 12.1. The second-order valence-electron chi connectivity index (χ2n) is 5.41. The van der Waals surface area contributed by atoms with Crippen LogP contribution in [0.5, 0.6) is 5.75 Å². The summed E-state index contributed by atoms with van der Waals surface area (Å²) in [6, 6.07) is 10.5. The minimum atomic E-state index is -0.139. The molecule has 1 aromatic heterocycles. The first-order valence-electron chi connectivity index (χ1n) is 7.16. The van der Waals surface area contributed by atoms with Crippen LogP contribution in [-0.2, 0) is 18.3 Å². The highest BCUT2D eigenvalue weighted by molar-refractivity contribution is 5.92. The van der Waals surface area contributed by atoms with Crippen LogP contribution in [0.4, 0.5) is 5.69 Å². The fourth-order valence-corrected chi connectivity index (χ4v) is 2.06. The number of nitrogens with zero attached hydrogens (tertiary/aromatic N) is 1. The Morgan fingerprint density at radius 3 is 2.73 bits per heavy atom. The molecule has 0 bridgehead atoms. The van der Waals surface area contributed by atoms with Gasteiger partial charge in [-0.25, -0.2) is 0 Å². The molecule has 0 radical (unpaired) electrons. The molecule has 0 aliphatic carbocycles. The van der Waals surface area contributed by atoms with E-state index < -0.39 is 0 Å². The summed E-state index contributed by atoms with van der Waals surface area (Å²) in [7, 11) is 1.64. The fraction of sp³-hybridized carbons (Fsp3) is 0.294. The van der Waals surface area contributed by atoms with Crippen LogP contribution in [0.3, 0.4) is 0 Å². The summed E-state index contributed by atoms with van der Waals surface area (Å²) >= 11 is 0. The topological polar surface area (TPSA) is 60.3 Å². The van der Waals surface area contributed by atoms with Gasteiger partial charge in [0.05, 0.1) is 18.2 Å². The summed E-state index contributed by atoms with van der Waals surface area (Å²) in [6.45, 7) is 3.91. The maximum atomic E-state index is 12.1. The standard InChI is InChI=1S/C17H20N2O3/c1-12(2)22-15-6-4-5-13(9-15)10-16(20)18-14-7-8-17(21)19(3)11-14/h4-9,11-12H,10H2,1-3H3,(H,18,20). The summed E-state index contributed by atoms with van der Waals surface area (Å²) in [5.41, 5.74) is 1.36. The van der Waals surface area contributed by atoms with E-state index in [1.54, 1.807) is 19.3 Å². The first-order chi connectivity index (χ1) is 10.4. The lowest BCUT2D eigenvalue weighted by molar-refractivity contribution is -0.115. The average molecular weight is 300 g/mol. The van der Waals surface area contributed by atoms with E-state index >= 15 is 0 Å². The van der Waals surface area contributed by atoms with Gasteiger partial charge in [-0.3, -0.25) is 9.59 Å². The van der Waals surface area contributed by atoms with E-state index in [0.717, 1.165) is 11.3 Å². The van der Waals surface area contributed by atoms with Crippen molar-refractivity contribution < 1.29 is 9.53 Å². The number of carbonyl (C=O) groups is 1. The Balaban J connectivity index is 2.02. The Kier molecular flexibility index (Phi) is 4.99. The van der Waals surface area contributed by atoms with Crippen LogP contribution < -0.4 is 15.6 Å². The number of ether oxygens (including phenoxy) is 1. The van der Waals surface area contributed by atoms with Crippen molar-refractivity contribution in [2.45, 2.75) is 26.4 Å². The van der Waals surface area contributed by atoms with Gasteiger partial charge in [-0.05, 0) is 37.6 Å². The Morgan fingerprint density at radius 1 is 1.27 bits per heavy atom. The molecule has 0 unspecified atom stereocenters. The smallest absolute Gasteiger partial charge is 0.250 e. The molecule has 22 heavy (non-hydrogen) atoms. The van der Waals surface area contributed by atoms with E-state index in [9.17, 15) is 9.59 Å². The van der Waals surface area contributed by atoms with Crippen LogP contribution in [0.15, 0.2) is 47.4 Å². The molecular formula is C17H20N2O3. The van der Waals surface area contributed by atoms with Crippen molar-refractivity contribution in [1.82, 2.24) is 4.57 Å². The van der Waals surface area contributed by atoms with Crippen LogP contribution in [0.1, 0.15) is 19.4 Å². The van der Waals surface area contributed by atoms with Crippen molar-refractivity contribution in [3.63, 3.8) is 0 Å². The summed E-state index contributed by atoms with van der Waals surface area (Å²) < 4.78 is 7.04. The molecule has 1 amide bonds. The molecule has 0 spiro atoms. The summed E-state index contributed by atoms with van der Waals surface area (Å²) in [5.74, 6) is 0.614. The Labute approximate surface area is 129 Å². The highest BCUT2D eigenvalue weighted by Gasteiger charge is 2.06. The number of carbonyl (C=O) groups excluding carboxylic acids is 1. The number of rotatable bonds is 5. The van der Waals surface area contributed by atoms with Gasteiger partial charge in [0.25, 0.3) is 0 Å². The van der Waals surface area contributed by atoms with Gasteiger partial charge in [-0.15, -0.1) is 0 Å². The van der Waals surface area contributed by atoms with E-state index in [-0.39, 0.29) is 24.0 Å². The molecule has 1 heterocycles. The van der Waals surface area contributed by atoms with Crippen LogP contribution >= 0.6 is 0 Å². The van der Waals surface area contributed by atoms with Gasteiger partial charge in [0, 0.05) is 19.3 Å². The molecule has 2 aromatic rings. The number of aryl methyl sites for hydroxylation is 1. The molecule has 0 aliphatic rings. The minimum Gasteiger partial charge on any atom is -0.491 e. The predicted molar refractivity (Wildman–Crippen MR) is 86.2 cm³/mol. The van der Waals surface area contributed by atoms with Crippen molar-refractivity contribution in [2.75, 3.05) is 5.32 Å². The lowest BCUT2D eigenvalue weighted by Crippen LogP contribution is -2.19. The quantitative estimate of drug-likeness (QED) is 0.922. The largest absolute Gasteiger partial charge is 0.491 e. The van der Waals surface area contributed by atoms with Crippen molar-refractivity contribution in [3.05, 3.63) is 58.5 Å². The molecule has 2 rings (SSSR count). The molecule has 1 N–H and O–H groups in total. The highest BCUT2D eigenvalue weighted by atomic mass is 16.5. The Morgan fingerprint density at radius 2 is 2.05 bits per heavy atom. The molecular weight excluding hydrogens is 280 g/mol. The summed E-state index contributed by atoms with van der Waals surface area (Å²) in [6.07, 6.45) is 1.94. The molecule has 1 aromatic carbocycles. The molecule has 0 fully saturated rings. The van der Waals surface area contributed by atoms with Gasteiger partial charge in [0.1, 0.15) is 5.75 Å². The highest BCUT2D eigenvalue weighted by Crippen LogP contribution is 2.16. The number of benzene rings is 1. The van der Waals surface area contributed by atoms with Gasteiger partial charge >= 0.3 is 0 Å². The van der Waals surface area contributed by atoms with Crippen molar-refractivity contribution in [3.8, 4) is 5.75 Å². The zero-order valence-corrected chi connectivity index (χ0v) is 13.0. The molecule has 0 atom stereocenters. The van der Waals surface area contributed by atoms with E-state index in [1.807, 2.05) is 38.1 Å². The van der Waals surface area contributed by atoms with E-state index in [2.05, 4.69) is 5.32 Å². The molecule has 0 aliphatic heterocycles. The molecule has 0 saturated carbocycles. The zero-order valence-electron chi connectivity index (χ0n) is 13.0. The normalized spacial score (nSPS) is 10.5. The molecule has 5 nitrogen and oxygen atoms in total. The fourth-order valence-electron chi connectivity index (χ4n) is 2.06. The van der Waals surface area contributed by atoms with Crippen molar-refractivity contribution >= 4 is 11.6 Å². The van der Waals surface area contributed by atoms with Crippen LogP contribution in [0, 0.1) is 0 Å². The molecule has 0 saturated heterocycles. The van der Waals surface area contributed by atoms with Crippen molar-refractivity contribution in [1.29, 1.82) is 0 Å². The maximum Gasteiger partial charge on any atom is 0.250 e. The first-order valence-corrected chi connectivity index (χ1v) is 7.16. The number of hydrogen-bond donors (Lipinski definition) is 1. The Hall–Kier alpha value is -2.56. The number of hydrogen-bond acceptors (Lipinski definition) is 3. The van der Waals surface area contributed by atoms with Crippen molar-refractivity contribution in [2.24, 2.45) is 7.05 Å². The second kappa shape index (κ2) is 6.93. The minimum absolute atomic E-state index is 0.0923. The second-order valence-corrected chi connectivity index (χ2v) is 5.41. The lowest BCUT2D eigenvalue weighted by Gasteiger charge is -2.11. The van der Waals surface area contributed by atoms with Crippen LogP contribution in [-0.4, -0.2) is 16.6 Å². The van der Waals surface area contributed by atoms with Gasteiger partial charge in [-0.2, -0.15) is 0 Å². The molecule has 116 valence electrons. The number of aromatic nitrogens is 1. The van der Waals surface area contributed by atoms with Gasteiger partial charge in [0.15, 0.2) is 0 Å². The summed E-state index contributed by atoms with van der Waals surface area (Å²) in [4.78, 5) is 23.4. The molecule has 5 heteroatoms. The van der Waals surface area contributed by atoms with Crippen LogP contribution in [0.2, 0.25) is 0 Å². The van der Waals surface area contributed by atoms with E-state index in [4.69, 9.17) is 4.74 Å². The zero-order chi connectivity index (χ0) is 16.1. The van der Waals surface area contributed by atoms with Gasteiger partial charge in [-0.1, -0.05) is 12.1 Å². The SMILES string of the molecule is CC(C)Oc1cccc(CC(=O)Nc2ccc(=O)n(C)c2)c1. The van der Waals surface area contributed by atoms with E-state index in [1.165, 1.54) is 10.6 Å². The lowest BCUT2D eigenvalue weighted by atomic mass is 10.1. The van der Waals surface area contributed by atoms with Gasteiger partial charge < -0.3 is 14.6 Å². The number of amides is 1. The number of pyridine rings is 1. The third-order valence-corrected chi connectivity index (χ3v) is 3.00. The third-order valence-electron chi connectivity index (χ3n) is 3.00. The third kappa shape index (κ3) is 4.48. The average Bonchev–Trinajstić information content (AvgIpc) is 2.42. The number of nitrogens with one attached hydrogen (secondary N) is 1. The van der Waals surface area contributed by atoms with Crippen LogP contribution in [0.25, 0.3) is 0 Å².